The van der Waals surface area contributed by atoms with Crippen molar-refractivity contribution >= 4 is 22.5 Å². The van der Waals surface area contributed by atoms with Crippen LogP contribution in [0, 0.1) is 0 Å². The van der Waals surface area contributed by atoms with E-state index in [0.29, 0.717) is 23.9 Å². The number of amides is 1. The summed E-state index contributed by atoms with van der Waals surface area (Å²) in [5.74, 6) is 1.08. The fraction of sp³-hybridized carbons (Fsp3) is 0.0800. The first-order chi connectivity index (χ1) is 15.7. The number of nitrogens with zero attached hydrogens (tertiary/aromatic N) is 2. The van der Waals surface area contributed by atoms with Crippen LogP contribution in [0.3, 0.4) is 0 Å². The smallest absolute Gasteiger partial charge is 0.247 e. The first kappa shape index (κ1) is 19.6. The zero-order valence-corrected chi connectivity index (χ0v) is 17.1. The van der Waals surface area contributed by atoms with Gasteiger partial charge in [0.2, 0.25) is 11.8 Å². The van der Waals surface area contributed by atoms with Crippen LogP contribution in [0.15, 0.2) is 89.7 Å². The van der Waals surface area contributed by atoms with Gasteiger partial charge in [-0.05, 0) is 41.5 Å². The maximum Gasteiger partial charge on any atom is 0.247 e. The number of fused-ring (bicyclic) bond motifs is 1. The molecule has 0 unspecified atom stereocenters. The van der Waals surface area contributed by atoms with E-state index in [1.54, 1.807) is 6.20 Å². The first-order valence-corrected chi connectivity index (χ1v) is 10.2. The number of oxazole rings is 1. The molecule has 0 aliphatic rings. The van der Waals surface area contributed by atoms with Gasteiger partial charge >= 0.3 is 0 Å². The summed E-state index contributed by atoms with van der Waals surface area (Å²) in [5.41, 5.74) is 4.13. The van der Waals surface area contributed by atoms with Crippen molar-refractivity contribution in [3.05, 3.63) is 96.4 Å². The zero-order valence-electron chi connectivity index (χ0n) is 17.1. The highest BCUT2D eigenvalue weighted by atomic mass is 16.5. The third kappa shape index (κ3) is 4.37. The van der Waals surface area contributed by atoms with E-state index in [4.69, 9.17) is 9.15 Å². The molecule has 2 aromatic heterocycles. The van der Waals surface area contributed by atoms with Crippen LogP contribution in [0.25, 0.3) is 22.5 Å². The van der Waals surface area contributed by atoms with Crippen molar-refractivity contribution in [2.24, 2.45) is 0 Å². The van der Waals surface area contributed by atoms with Crippen LogP contribution in [-0.4, -0.2) is 21.1 Å². The monoisotopic (exact) mass is 424 g/mol. The third-order valence-electron chi connectivity index (χ3n) is 5.02. The van der Waals surface area contributed by atoms with Crippen molar-refractivity contribution in [3.63, 3.8) is 0 Å². The van der Waals surface area contributed by atoms with Crippen LogP contribution >= 0.6 is 0 Å². The normalized spacial score (nSPS) is 10.9. The zero-order chi connectivity index (χ0) is 21.8. The number of benzene rings is 3. The molecule has 0 radical (unpaired) electrons. The summed E-state index contributed by atoms with van der Waals surface area (Å²) >= 11 is 0. The highest BCUT2D eigenvalue weighted by molar-refractivity contribution is 5.97. The van der Waals surface area contributed by atoms with Gasteiger partial charge in [0.25, 0.3) is 0 Å². The van der Waals surface area contributed by atoms with Gasteiger partial charge in [-0.25, -0.2) is 4.98 Å². The molecule has 0 fully saturated rings. The Morgan fingerprint density at radius 3 is 2.62 bits per heavy atom. The van der Waals surface area contributed by atoms with Crippen LogP contribution < -0.4 is 10.1 Å². The molecule has 0 atom stereocenters. The van der Waals surface area contributed by atoms with E-state index >= 15 is 0 Å². The van der Waals surface area contributed by atoms with Gasteiger partial charge in [-0.15, -0.1) is 0 Å². The second kappa shape index (κ2) is 8.77. The van der Waals surface area contributed by atoms with Gasteiger partial charge in [-0.1, -0.05) is 42.5 Å². The van der Waals surface area contributed by atoms with Crippen molar-refractivity contribution in [3.8, 4) is 17.3 Å². The summed E-state index contributed by atoms with van der Waals surface area (Å²) in [6.45, 7) is 0.507. The molecule has 7 heteroatoms. The second-order valence-corrected chi connectivity index (χ2v) is 7.31. The maximum absolute atomic E-state index is 12.6. The lowest BCUT2D eigenvalue weighted by Crippen LogP contribution is -2.14. The standard InChI is InChI=1S/C25H20N4O3/c30-23(14-17-6-9-20(10-7-17)32-16-18-4-2-1-3-5-18)27-19-8-11-22-21(15-19)24(29-28-22)25-26-12-13-31-25/h1-13,15H,14,16H2,(H,27,30)(H,28,29). The number of aromatic nitrogens is 3. The molecule has 0 spiro atoms. The minimum Gasteiger partial charge on any atom is -0.489 e. The van der Waals surface area contributed by atoms with Gasteiger partial charge in [0.1, 0.15) is 18.6 Å². The Balaban J connectivity index is 1.22. The molecule has 0 saturated carbocycles. The van der Waals surface area contributed by atoms with Crippen molar-refractivity contribution in [2.45, 2.75) is 13.0 Å². The third-order valence-corrected chi connectivity index (χ3v) is 5.02. The van der Waals surface area contributed by atoms with Gasteiger partial charge in [0.15, 0.2) is 5.69 Å². The van der Waals surface area contributed by atoms with Crippen molar-refractivity contribution < 1.29 is 13.9 Å². The fourth-order valence-corrected chi connectivity index (χ4v) is 3.43. The highest BCUT2D eigenvalue weighted by Crippen LogP contribution is 2.27. The summed E-state index contributed by atoms with van der Waals surface area (Å²) in [6.07, 6.45) is 3.33. The van der Waals surface area contributed by atoms with Crippen LogP contribution in [0.5, 0.6) is 5.75 Å². The molecule has 2 heterocycles. The number of aromatic amines is 1. The molecule has 0 aliphatic carbocycles. The lowest BCUT2D eigenvalue weighted by molar-refractivity contribution is -0.115. The average molecular weight is 424 g/mol. The summed E-state index contributed by atoms with van der Waals surface area (Å²) in [5, 5.41) is 11.0. The topological polar surface area (TPSA) is 93.0 Å². The lowest BCUT2D eigenvalue weighted by Gasteiger charge is -2.08. The quantitative estimate of drug-likeness (QED) is 0.384. The molecule has 158 valence electrons. The van der Waals surface area contributed by atoms with E-state index in [0.717, 1.165) is 27.8 Å². The molecule has 32 heavy (non-hydrogen) atoms. The summed E-state index contributed by atoms with van der Waals surface area (Å²) < 4.78 is 11.1. The molecule has 0 bridgehead atoms. The Bertz CT molecular complexity index is 1330. The predicted octanol–water partition coefficient (Wildman–Crippen LogP) is 4.98. The van der Waals surface area contributed by atoms with E-state index < -0.39 is 0 Å². The number of H-pyrrole nitrogens is 1. The van der Waals surface area contributed by atoms with E-state index in [9.17, 15) is 4.79 Å². The van der Waals surface area contributed by atoms with Crippen LogP contribution in [0.2, 0.25) is 0 Å². The number of nitrogens with one attached hydrogen (secondary N) is 2. The summed E-state index contributed by atoms with van der Waals surface area (Å²) in [4.78, 5) is 16.7. The molecule has 0 saturated heterocycles. The SMILES string of the molecule is O=C(Cc1ccc(OCc2ccccc2)cc1)Nc1ccc2[nH]nc(-c3ncco3)c2c1. The Morgan fingerprint density at radius 1 is 1.00 bits per heavy atom. The van der Waals surface area contributed by atoms with E-state index in [2.05, 4.69) is 20.5 Å². The van der Waals surface area contributed by atoms with Gasteiger partial charge in [0.05, 0.1) is 18.1 Å². The van der Waals surface area contributed by atoms with Gasteiger partial charge in [0, 0.05) is 11.1 Å². The molecule has 5 aromatic rings. The fourth-order valence-electron chi connectivity index (χ4n) is 3.43. The predicted molar refractivity (Wildman–Crippen MR) is 121 cm³/mol. The number of ether oxygens (including phenoxy) is 1. The van der Waals surface area contributed by atoms with Crippen molar-refractivity contribution in [2.75, 3.05) is 5.32 Å². The lowest BCUT2D eigenvalue weighted by atomic mass is 10.1. The minimum absolute atomic E-state index is 0.108. The van der Waals surface area contributed by atoms with Crippen LogP contribution in [0.1, 0.15) is 11.1 Å². The molecule has 2 N–H and O–H groups in total. The number of hydrogen-bond donors (Lipinski definition) is 2. The van der Waals surface area contributed by atoms with Crippen LogP contribution in [-0.2, 0) is 17.8 Å². The van der Waals surface area contributed by atoms with Crippen molar-refractivity contribution in [1.29, 1.82) is 0 Å². The average Bonchev–Trinajstić information content (AvgIpc) is 3.49. The first-order valence-electron chi connectivity index (χ1n) is 10.2. The highest BCUT2D eigenvalue weighted by Gasteiger charge is 2.13. The number of carbonyl (C=O) groups excluding carboxylic acids is 1. The van der Waals surface area contributed by atoms with Crippen LogP contribution in [0.4, 0.5) is 5.69 Å². The van der Waals surface area contributed by atoms with Crippen molar-refractivity contribution in [1.82, 2.24) is 15.2 Å². The molecule has 1 amide bonds. The Hall–Kier alpha value is -4.39. The van der Waals surface area contributed by atoms with E-state index in [-0.39, 0.29) is 12.3 Å². The summed E-state index contributed by atoms with van der Waals surface area (Å²) in [7, 11) is 0. The number of hydrogen-bond acceptors (Lipinski definition) is 5. The van der Waals surface area contributed by atoms with Gasteiger partial charge in [-0.2, -0.15) is 5.10 Å². The maximum atomic E-state index is 12.6. The molecule has 0 aliphatic heterocycles. The molecular formula is C25H20N4O3. The molecule has 5 rings (SSSR count). The molecule has 7 nitrogen and oxygen atoms in total. The van der Waals surface area contributed by atoms with Gasteiger partial charge in [-0.3, -0.25) is 9.89 Å². The minimum atomic E-state index is -0.108. The number of anilines is 1. The summed E-state index contributed by atoms with van der Waals surface area (Å²) in [6, 6.07) is 23.1. The molecule has 3 aromatic carbocycles. The number of carbonyl (C=O) groups is 1. The van der Waals surface area contributed by atoms with Gasteiger partial charge < -0.3 is 14.5 Å². The molecular weight excluding hydrogens is 404 g/mol. The van der Waals surface area contributed by atoms with E-state index in [1.165, 1.54) is 6.26 Å². The largest absolute Gasteiger partial charge is 0.489 e. The Morgan fingerprint density at radius 2 is 1.84 bits per heavy atom. The Labute approximate surface area is 184 Å². The number of rotatable bonds is 7. The Kier molecular flexibility index (Phi) is 5.36. The van der Waals surface area contributed by atoms with E-state index in [1.807, 2.05) is 72.8 Å². The second-order valence-electron chi connectivity index (χ2n) is 7.31.